The van der Waals surface area contributed by atoms with Crippen LogP contribution in [-0.4, -0.2) is 29.9 Å². The molecule has 2 aliphatic rings. The average molecular weight is 244 g/mol. The van der Waals surface area contributed by atoms with Crippen LogP contribution in [0.15, 0.2) is 24.3 Å². The van der Waals surface area contributed by atoms with Gasteiger partial charge in [-0.25, -0.2) is 0 Å². The molecular weight excluding hydrogens is 224 g/mol. The molecule has 2 N–H and O–H groups in total. The van der Waals surface area contributed by atoms with E-state index in [4.69, 9.17) is 5.73 Å². The molecule has 2 atom stereocenters. The van der Waals surface area contributed by atoms with Crippen molar-refractivity contribution in [2.45, 2.75) is 37.6 Å². The fourth-order valence-electron chi connectivity index (χ4n) is 3.58. The summed E-state index contributed by atoms with van der Waals surface area (Å²) in [5, 5.41) is 0. The molecule has 0 aromatic heterocycles. The third-order valence-corrected chi connectivity index (χ3v) is 4.49. The van der Waals surface area contributed by atoms with Crippen LogP contribution in [-0.2, 0) is 0 Å². The molecule has 2 heterocycles. The van der Waals surface area contributed by atoms with E-state index in [1.54, 1.807) is 0 Å². The minimum Gasteiger partial charge on any atom is -0.366 e. The van der Waals surface area contributed by atoms with Crippen LogP contribution in [0, 0.1) is 0 Å². The van der Waals surface area contributed by atoms with Crippen molar-refractivity contribution in [3.63, 3.8) is 0 Å². The fraction of sp³-hybridized carbons (Fsp3) is 0.533. The molecule has 3 heteroatoms. The molecule has 0 radical (unpaired) electrons. The predicted molar refractivity (Wildman–Crippen MR) is 71.5 cm³/mol. The van der Waals surface area contributed by atoms with Crippen molar-refractivity contribution in [3.8, 4) is 0 Å². The molecule has 1 amide bonds. The number of hydrogen-bond acceptors (Lipinski definition) is 2. The molecule has 2 unspecified atom stereocenters. The molecule has 2 saturated heterocycles. The first-order chi connectivity index (χ1) is 8.75. The minimum atomic E-state index is -0.292. The predicted octanol–water partition coefficient (Wildman–Crippen LogP) is 2.13. The largest absolute Gasteiger partial charge is 0.366 e. The lowest BCUT2D eigenvalue weighted by Crippen LogP contribution is -2.37. The average Bonchev–Trinajstić information content (AvgIpc) is 2.85. The van der Waals surface area contributed by atoms with E-state index in [0.29, 0.717) is 11.5 Å². The van der Waals surface area contributed by atoms with E-state index >= 15 is 0 Å². The van der Waals surface area contributed by atoms with Crippen LogP contribution in [0.4, 0.5) is 0 Å². The molecule has 18 heavy (non-hydrogen) atoms. The SMILES string of the molecule is NC(=O)c1ccccc1C1CCN2CCCC2C1. The molecule has 1 aromatic rings. The fourth-order valence-corrected chi connectivity index (χ4v) is 3.58. The van der Waals surface area contributed by atoms with E-state index in [-0.39, 0.29) is 5.91 Å². The van der Waals surface area contributed by atoms with Crippen molar-refractivity contribution in [3.05, 3.63) is 35.4 Å². The molecule has 2 aliphatic heterocycles. The topological polar surface area (TPSA) is 46.3 Å². The zero-order valence-electron chi connectivity index (χ0n) is 10.6. The Labute approximate surface area is 108 Å². The van der Waals surface area contributed by atoms with Gasteiger partial charge in [0, 0.05) is 11.6 Å². The maximum absolute atomic E-state index is 11.5. The zero-order chi connectivity index (χ0) is 12.5. The molecule has 2 fully saturated rings. The van der Waals surface area contributed by atoms with Gasteiger partial charge in [0.15, 0.2) is 0 Å². The quantitative estimate of drug-likeness (QED) is 0.866. The number of amides is 1. The Morgan fingerprint density at radius 1 is 1.22 bits per heavy atom. The summed E-state index contributed by atoms with van der Waals surface area (Å²) >= 11 is 0. The van der Waals surface area contributed by atoms with Crippen molar-refractivity contribution >= 4 is 5.91 Å². The summed E-state index contributed by atoms with van der Waals surface area (Å²) in [5.74, 6) is 0.215. The minimum absolute atomic E-state index is 0.292. The number of nitrogens with two attached hydrogens (primary N) is 1. The standard InChI is InChI=1S/C15H20N2O/c16-15(18)14-6-2-1-5-13(14)11-7-9-17-8-3-4-12(17)10-11/h1-2,5-6,11-12H,3-4,7-10H2,(H2,16,18). The number of fused-ring (bicyclic) bond motifs is 1. The Morgan fingerprint density at radius 3 is 2.89 bits per heavy atom. The van der Waals surface area contributed by atoms with Crippen molar-refractivity contribution in [1.29, 1.82) is 0 Å². The van der Waals surface area contributed by atoms with Gasteiger partial charge in [-0.2, -0.15) is 0 Å². The first-order valence-electron chi connectivity index (χ1n) is 6.88. The summed E-state index contributed by atoms with van der Waals surface area (Å²) in [6.45, 7) is 2.43. The van der Waals surface area contributed by atoms with Crippen LogP contribution >= 0.6 is 0 Å². The van der Waals surface area contributed by atoms with Gasteiger partial charge < -0.3 is 10.6 Å². The first kappa shape index (κ1) is 11.7. The third kappa shape index (κ3) is 2.03. The Kier molecular flexibility index (Phi) is 3.08. The highest BCUT2D eigenvalue weighted by Crippen LogP contribution is 2.37. The molecule has 0 aliphatic carbocycles. The summed E-state index contributed by atoms with van der Waals surface area (Å²) in [4.78, 5) is 14.1. The Bertz CT molecular complexity index is 458. The Hall–Kier alpha value is -1.35. The molecule has 0 spiro atoms. The second-order valence-electron chi connectivity index (χ2n) is 5.50. The van der Waals surface area contributed by atoms with E-state index in [1.807, 2.05) is 18.2 Å². The van der Waals surface area contributed by atoms with Gasteiger partial charge in [0.1, 0.15) is 0 Å². The van der Waals surface area contributed by atoms with Crippen LogP contribution in [0.3, 0.4) is 0 Å². The van der Waals surface area contributed by atoms with Gasteiger partial charge in [-0.05, 0) is 56.3 Å². The van der Waals surface area contributed by atoms with Crippen molar-refractivity contribution in [1.82, 2.24) is 4.90 Å². The van der Waals surface area contributed by atoms with Gasteiger partial charge >= 0.3 is 0 Å². The number of primary amides is 1. The summed E-state index contributed by atoms with van der Waals surface area (Å²) < 4.78 is 0. The van der Waals surface area contributed by atoms with E-state index < -0.39 is 0 Å². The van der Waals surface area contributed by atoms with Crippen LogP contribution in [0.1, 0.15) is 47.5 Å². The second kappa shape index (κ2) is 4.73. The van der Waals surface area contributed by atoms with Crippen molar-refractivity contribution < 1.29 is 4.79 Å². The maximum atomic E-state index is 11.5. The summed E-state index contributed by atoms with van der Waals surface area (Å²) in [5.41, 5.74) is 7.36. The van der Waals surface area contributed by atoms with Crippen molar-refractivity contribution in [2.75, 3.05) is 13.1 Å². The van der Waals surface area contributed by atoms with E-state index in [9.17, 15) is 4.79 Å². The van der Waals surface area contributed by atoms with E-state index in [0.717, 1.165) is 18.0 Å². The van der Waals surface area contributed by atoms with Gasteiger partial charge in [0.2, 0.25) is 5.91 Å². The maximum Gasteiger partial charge on any atom is 0.248 e. The number of carbonyl (C=O) groups is 1. The highest BCUT2D eigenvalue weighted by molar-refractivity contribution is 5.94. The van der Waals surface area contributed by atoms with Gasteiger partial charge in [0.25, 0.3) is 0 Å². The van der Waals surface area contributed by atoms with Gasteiger partial charge in [0.05, 0.1) is 0 Å². The second-order valence-corrected chi connectivity index (χ2v) is 5.50. The van der Waals surface area contributed by atoms with Gasteiger partial charge in [-0.15, -0.1) is 0 Å². The molecule has 1 aromatic carbocycles. The number of nitrogens with zero attached hydrogens (tertiary/aromatic N) is 1. The Morgan fingerprint density at radius 2 is 2.06 bits per heavy atom. The summed E-state index contributed by atoms with van der Waals surface area (Å²) in [6, 6.07) is 8.58. The number of carbonyl (C=O) groups excluding carboxylic acids is 1. The third-order valence-electron chi connectivity index (χ3n) is 4.49. The lowest BCUT2D eigenvalue weighted by molar-refractivity contribution is 0.0997. The first-order valence-corrected chi connectivity index (χ1v) is 6.88. The number of hydrogen-bond donors (Lipinski definition) is 1. The smallest absolute Gasteiger partial charge is 0.248 e. The summed E-state index contributed by atoms with van der Waals surface area (Å²) in [6.07, 6.45) is 4.98. The molecule has 96 valence electrons. The lowest BCUT2D eigenvalue weighted by Gasteiger charge is -2.35. The molecule has 0 saturated carbocycles. The van der Waals surface area contributed by atoms with Gasteiger partial charge in [-0.1, -0.05) is 18.2 Å². The van der Waals surface area contributed by atoms with Crippen molar-refractivity contribution in [2.24, 2.45) is 5.73 Å². The molecule has 0 bridgehead atoms. The van der Waals surface area contributed by atoms with Crippen LogP contribution < -0.4 is 5.73 Å². The highest BCUT2D eigenvalue weighted by atomic mass is 16.1. The van der Waals surface area contributed by atoms with E-state index in [1.165, 1.54) is 32.4 Å². The summed E-state index contributed by atoms with van der Waals surface area (Å²) in [7, 11) is 0. The van der Waals surface area contributed by atoms with E-state index in [2.05, 4.69) is 11.0 Å². The molecule has 3 rings (SSSR count). The normalized spacial score (nSPS) is 28.0. The lowest BCUT2D eigenvalue weighted by atomic mass is 9.83. The van der Waals surface area contributed by atoms with Crippen LogP contribution in [0.5, 0.6) is 0 Å². The number of piperidine rings is 1. The van der Waals surface area contributed by atoms with Crippen LogP contribution in [0.2, 0.25) is 0 Å². The highest BCUT2D eigenvalue weighted by Gasteiger charge is 2.33. The number of benzene rings is 1. The monoisotopic (exact) mass is 244 g/mol. The molecular formula is C15H20N2O. The van der Waals surface area contributed by atoms with Gasteiger partial charge in [-0.3, -0.25) is 4.79 Å². The molecule has 3 nitrogen and oxygen atoms in total. The number of rotatable bonds is 2. The van der Waals surface area contributed by atoms with Crippen LogP contribution in [0.25, 0.3) is 0 Å². The Balaban J connectivity index is 1.85. The zero-order valence-corrected chi connectivity index (χ0v) is 10.6.